The molecule has 0 unspecified atom stereocenters. The summed E-state index contributed by atoms with van der Waals surface area (Å²) in [6, 6.07) is 5.14. The molecule has 0 spiro atoms. The number of carbonyl (C=O) groups is 1. The van der Waals surface area contributed by atoms with Crippen LogP contribution < -0.4 is 11.0 Å². The maximum Gasteiger partial charge on any atom is 0.323 e. The summed E-state index contributed by atoms with van der Waals surface area (Å²) in [5.41, 5.74) is 1.61. The zero-order valence-corrected chi connectivity index (χ0v) is 9.13. The van der Waals surface area contributed by atoms with Crippen molar-refractivity contribution in [2.75, 3.05) is 0 Å². The van der Waals surface area contributed by atoms with Gasteiger partial charge >= 0.3 is 5.69 Å². The minimum atomic E-state index is -0.267. The van der Waals surface area contributed by atoms with Gasteiger partial charge in [-0.15, -0.1) is 0 Å². The Morgan fingerprint density at radius 3 is 2.62 bits per heavy atom. The first-order chi connectivity index (χ1) is 7.56. The SMILES string of the molecule is CC(C)NC(=O)c1ccc2[nH]c(=O)[nH]c2c1. The molecule has 1 aromatic carbocycles. The van der Waals surface area contributed by atoms with Crippen molar-refractivity contribution in [3.63, 3.8) is 0 Å². The number of benzene rings is 1. The molecule has 0 bridgehead atoms. The van der Waals surface area contributed by atoms with Gasteiger partial charge in [-0.25, -0.2) is 4.79 Å². The van der Waals surface area contributed by atoms with Gasteiger partial charge in [0.15, 0.2) is 0 Å². The first-order valence-corrected chi connectivity index (χ1v) is 5.09. The van der Waals surface area contributed by atoms with Gasteiger partial charge in [-0.3, -0.25) is 4.79 Å². The van der Waals surface area contributed by atoms with Crippen LogP contribution in [0.5, 0.6) is 0 Å². The molecule has 1 heterocycles. The highest BCUT2D eigenvalue weighted by Gasteiger charge is 2.08. The normalized spacial score (nSPS) is 10.9. The van der Waals surface area contributed by atoms with E-state index in [0.717, 1.165) is 0 Å². The van der Waals surface area contributed by atoms with Crippen LogP contribution in [0.3, 0.4) is 0 Å². The van der Waals surface area contributed by atoms with E-state index in [-0.39, 0.29) is 17.6 Å². The summed E-state index contributed by atoms with van der Waals surface area (Å²) in [5, 5.41) is 2.79. The maximum absolute atomic E-state index is 11.7. The molecule has 0 radical (unpaired) electrons. The third-order valence-corrected chi connectivity index (χ3v) is 2.20. The van der Waals surface area contributed by atoms with Crippen molar-refractivity contribution in [3.05, 3.63) is 34.2 Å². The van der Waals surface area contributed by atoms with E-state index in [1.807, 2.05) is 13.8 Å². The van der Waals surface area contributed by atoms with Crippen molar-refractivity contribution >= 4 is 16.9 Å². The lowest BCUT2D eigenvalue weighted by molar-refractivity contribution is 0.0943. The first-order valence-electron chi connectivity index (χ1n) is 5.09. The van der Waals surface area contributed by atoms with E-state index in [9.17, 15) is 9.59 Å². The molecule has 2 rings (SSSR count). The Labute approximate surface area is 91.9 Å². The highest BCUT2D eigenvalue weighted by Crippen LogP contribution is 2.10. The van der Waals surface area contributed by atoms with Crippen LogP contribution in [0.4, 0.5) is 0 Å². The van der Waals surface area contributed by atoms with Gasteiger partial charge in [0.25, 0.3) is 5.91 Å². The molecule has 2 aromatic rings. The first kappa shape index (κ1) is 10.5. The van der Waals surface area contributed by atoms with Crippen LogP contribution in [-0.4, -0.2) is 21.9 Å². The minimum absolute atomic E-state index is 0.0912. The number of carbonyl (C=O) groups excluding carboxylic acids is 1. The largest absolute Gasteiger partial charge is 0.350 e. The minimum Gasteiger partial charge on any atom is -0.350 e. The van der Waals surface area contributed by atoms with Crippen LogP contribution in [0, 0.1) is 0 Å². The number of hydrogen-bond donors (Lipinski definition) is 3. The Morgan fingerprint density at radius 1 is 1.25 bits per heavy atom. The van der Waals surface area contributed by atoms with Gasteiger partial charge < -0.3 is 15.3 Å². The second-order valence-corrected chi connectivity index (χ2v) is 3.97. The molecule has 0 aliphatic heterocycles. The molecule has 0 aliphatic carbocycles. The average molecular weight is 219 g/mol. The summed E-state index contributed by atoms with van der Waals surface area (Å²) in [6.07, 6.45) is 0. The predicted octanol–water partition coefficient (Wildman–Crippen LogP) is 0.994. The van der Waals surface area contributed by atoms with Crippen LogP contribution in [0.1, 0.15) is 24.2 Å². The lowest BCUT2D eigenvalue weighted by Gasteiger charge is -2.07. The second kappa shape index (κ2) is 3.84. The van der Waals surface area contributed by atoms with Crippen molar-refractivity contribution in [1.29, 1.82) is 0 Å². The second-order valence-electron chi connectivity index (χ2n) is 3.97. The number of H-pyrrole nitrogens is 2. The Morgan fingerprint density at radius 2 is 1.94 bits per heavy atom. The molecule has 0 saturated carbocycles. The quantitative estimate of drug-likeness (QED) is 0.704. The average Bonchev–Trinajstić information content (AvgIpc) is 2.55. The number of fused-ring (bicyclic) bond motifs is 1. The fraction of sp³-hybridized carbons (Fsp3) is 0.273. The van der Waals surface area contributed by atoms with Crippen LogP contribution in [0.2, 0.25) is 0 Å². The molecule has 1 amide bonds. The molecule has 0 aliphatic rings. The van der Waals surface area contributed by atoms with E-state index in [4.69, 9.17) is 0 Å². The molecule has 16 heavy (non-hydrogen) atoms. The van der Waals surface area contributed by atoms with Crippen molar-refractivity contribution in [2.24, 2.45) is 0 Å². The summed E-state index contributed by atoms with van der Waals surface area (Å²) in [7, 11) is 0. The number of aromatic nitrogens is 2. The van der Waals surface area contributed by atoms with Crippen LogP contribution in [-0.2, 0) is 0 Å². The van der Waals surface area contributed by atoms with Crippen molar-refractivity contribution in [3.8, 4) is 0 Å². The summed E-state index contributed by atoms with van der Waals surface area (Å²) in [5.74, 6) is -0.140. The van der Waals surface area contributed by atoms with Crippen LogP contribution >= 0.6 is 0 Å². The number of rotatable bonds is 2. The topological polar surface area (TPSA) is 77.8 Å². The highest BCUT2D eigenvalue weighted by molar-refractivity contribution is 5.97. The molecular weight excluding hydrogens is 206 g/mol. The third-order valence-electron chi connectivity index (χ3n) is 2.20. The molecule has 84 valence electrons. The molecule has 0 saturated heterocycles. The summed E-state index contributed by atoms with van der Waals surface area (Å²) >= 11 is 0. The Hall–Kier alpha value is -2.04. The molecule has 5 nitrogen and oxygen atoms in total. The zero-order valence-electron chi connectivity index (χ0n) is 9.13. The molecule has 1 aromatic heterocycles. The Kier molecular flexibility index (Phi) is 2.52. The third kappa shape index (κ3) is 1.98. The van der Waals surface area contributed by atoms with E-state index in [1.54, 1.807) is 18.2 Å². The lowest BCUT2D eigenvalue weighted by Crippen LogP contribution is -2.29. The van der Waals surface area contributed by atoms with E-state index >= 15 is 0 Å². The summed E-state index contributed by atoms with van der Waals surface area (Å²) in [6.45, 7) is 3.79. The fourth-order valence-corrected chi connectivity index (χ4v) is 1.52. The molecule has 3 N–H and O–H groups in total. The zero-order chi connectivity index (χ0) is 11.7. The number of nitrogens with one attached hydrogen (secondary N) is 3. The lowest BCUT2D eigenvalue weighted by atomic mass is 10.2. The Bertz CT molecular complexity index is 580. The van der Waals surface area contributed by atoms with Gasteiger partial charge in [0.2, 0.25) is 0 Å². The van der Waals surface area contributed by atoms with E-state index in [2.05, 4.69) is 15.3 Å². The smallest absolute Gasteiger partial charge is 0.323 e. The summed E-state index contributed by atoms with van der Waals surface area (Å²) < 4.78 is 0. The summed E-state index contributed by atoms with van der Waals surface area (Å²) in [4.78, 5) is 28.0. The van der Waals surface area contributed by atoms with Gasteiger partial charge in [0.05, 0.1) is 11.0 Å². The van der Waals surface area contributed by atoms with Gasteiger partial charge in [0.1, 0.15) is 0 Å². The van der Waals surface area contributed by atoms with Crippen LogP contribution in [0.25, 0.3) is 11.0 Å². The van der Waals surface area contributed by atoms with Gasteiger partial charge in [-0.2, -0.15) is 0 Å². The predicted molar refractivity (Wildman–Crippen MR) is 61.5 cm³/mol. The standard InChI is InChI=1S/C11H13N3O2/c1-6(2)12-10(15)7-3-4-8-9(5-7)14-11(16)13-8/h3-6H,1-2H3,(H,12,15)(H2,13,14,16). The highest BCUT2D eigenvalue weighted by atomic mass is 16.2. The molecule has 5 heteroatoms. The molecular formula is C11H13N3O2. The van der Waals surface area contributed by atoms with Crippen LogP contribution in [0.15, 0.2) is 23.0 Å². The van der Waals surface area contributed by atoms with E-state index in [1.165, 1.54) is 0 Å². The number of hydrogen-bond acceptors (Lipinski definition) is 2. The van der Waals surface area contributed by atoms with Crippen molar-refractivity contribution in [2.45, 2.75) is 19.9 Å². The number of amides is 1. The van der Waals surface area contributed by atoms with Gasteiger partial charge in [-0.05, 0) is 32.0 Å². The van der Waals surface area contributed by atoms with Gasteiger partial charge in [0, 0.05) is 11.6 Å². The van der Waals surface area contributed by atoms with E-state index in [0.29, 0.717) is 16.6 Å². The van der Waals surface area contributed by atoms with Gasteiger partial charge in [-0.1, -0.05) is 0 Å². The monoisotopic (exact) mass is 219 g/mol. The number of aromatic amines is 2. The maximum atomic E-state index is 11.7. The van der Waals surface area contributed by atoms with Crippen molar-refractivity contribution in [1.82, 2.24) is 15.3 Å². The Balaban J connectivity index is 2.38. The molecule has 0 fully saturated rings. The fourth-order valence-electron chi connectivity index (χ4n) is 1.52. The van der Waals surface area contributed by atoms with Crippen molar-refractivity contribution < 1.29 is 4.79 Å². The molecule has 0 atom stereocenters. The van der Waals surface area contributed by atoms with E-state index < -0.39 is 0 Å². The number of imidazole rings is 1.